The highest BCUT2D eigenvalue weighted by Crippen LogP contribution is 2.27. The molecule has 0 saturated heterocycles. The Morgan fingerprint density at radius 2 is 1.81 bits per heavy atom. The molecule has 1 atom stereocenters. The molecule has 2 aromatic rings. The molecule has 0 aliphatic heterocycles. The van der Waals surface area contributed by atoms with Crippen molar-refractivity contribution in [3.63, 3.8) is 0 Å². The molecule has 0 aliphatic carbocycles. The number of nitrogens with zero attached hydrogens (tertiary/aromatic N) is 1. The minimum absolute atomic E-state index is 0.111. The van der Waals surface area contributed by atoms with Gasteiger partial charge in [-0.2, -0.15) is 5.26 Å². The lowest BCUT2D eigenvalue weighted by Crippen LogP contribution is -2.11. The normalized spacial score (nSPS) is 11.7. The van der Waals surface area contributed by atoms with Gasteiger partial charge in [-0.25, -0.2) is 0 Å². The SMILES string of the molecule is N#CC(C(=O)CCc1ccccc1)c1ccc(Cl)c(Cl)c1. The van der Waals surface area contributed by atoms with Gasteiger partial charge >= 0.3 is 0 Å². The first kappa shape index (κ1) is 15.6. The maximum atomic E-state index is 12.2. The van der Waals surface area contributed by atoms with Gasteiger partial charge in [0, 0.05) is 6.42 Å². The van der Waals surface area contributed by atoms with Crippen LogP contribution in [-0.2, 0) is 11.2 Å². The van der Waals surface area contributed by atoms with Crippen LogP contribution >= 0.6 is 23.2 Å². The van der Waals surface area contributed by atoms with E-state index in [1.54, 1.807) is 18.2 Å². The zero-order valence-electron chi connectivity index (χ0n) is 11.2. The zero-order chi connectivity index (χ0) is 15.2. The maximum Gasteiger partial charge on any atom is 0.154 e. The van der Waals surface area contributed by atoms with Crippen molar-refractivity contribution in [3.05, 3.63) is 69.7 Å². The molecule has 0 spiro atoms. The number of rotatable bonds is 5. The van der Waals surface area contributed by atoms with Gasteiger partial charge in [0.05, 0.1) is 16.1 Å². The maximum absolute atomic E-state index is 12.2. The molecule has 0 radical (unpaired) electrons. The third-order valence-electron chi connectivity index (χ3n) is 3.23. The van der Waals surface area contributed by atoms with E-state index in [2.05, 4.69) is 0 Å². The number of ketones is 1. The Morgan fingerprint density at radius 3 is 2.43 bits per heavy atom. The number of carbonyl (C=O) groups is 1. The van der Waals surface area contributed by atoms with Gasteiger partial charge < -0.3 is 0 Å². The number of carbonyl (C=O) groups excluding carboxylic acids is 1. The lowest BCUT2D eigenvalue weighted by Gasteiger charge is -2.09. The average molecular weight is 318 g/mol. The predicted molar refractivity (Wildman–Crippen MR) is 84.6 cm³/mol. The Kier molecular flexibility index (Phi) is 5.38. The van der Waals surface area contributed by atoms with E-state index in [0.717, 1.165) is 5.56 Å². The summed E-state index contributed by atoms with van der Waals surface area (Å²) < 4.78 is 0. The molecule has 2 nitrogen and oxygen atoms in total. The number of hydrogen-bond donors (Lipinski definition) is 0. The topological polar surface area (TPSA) is 40.9 Å². The zero-order valence-corrected chi connectivity index (χ0v) is 12.7. The molecule has 0 fully saturated rings. The van der Waals surface area contributed by atoms with Crippen LogP contribution in [0.25, 0.3) is 0 Å². The van der Waals surface area contributed by atoms with Gasteiger partial charge in [0.15, 0.2) is 5.78 Å². The summed E-state index contributed by atoms with van der Waals surface area (Å²) in [4.78, 5) is 12.2. The van der Waals surface area contributed by atoms with Gasteiger partial charge in [0.2, 0.25) is 0 Å². The highest BCUT2D eigenvalue weighted by Gasteiger charge is 2.20. The summed E-state index contributed by atoms with van der Waals surface area (Å²) in [6.07, 6.45) is 0.946. The van der Waals surface area contributed by atoms with Crippen molar-refractivity contribution in [1.82, 2.24) is 0 Å². The Bertz CT molecular complexity index is 677. The van der Waals surface area contributed by atoms with Crippen molar-refractivity contribution < 1.29 is 4.79 Å². The summed E-state index contributed by atoms with van der Waals surface area (Å²) in [7, 11) is 0. The molecule has 0 aromatic heterocycles. The van der Waals surface area contributed by atoms with Crippen molar-refractivity contribution in [2.24, 2.45) is 0 Å². The molecule has 0 saturated carbocycles. The average Bonchev–Trinajstić information content (AvgIpc) is 2.50. The van der Waals surface area contributed by atoms with Gasteiger partial charge in [-0.3, -0.25) is 4.79 Å². The Labute approximate surface area is 133 Å². The first-order valence-corrected chi connectivity index (χ1v) is 7.28. The fourth-order valence-corrected chi connectivity index (χ4v) is 2.39. The number of halogens is 2. The van der Waals surface area contributed by atoms with E-state index >= 15 is 0 Å². The minimum atomic E-state index is -0.802. The van der Waals surface area contributed by atoms with E-state index in [1.165, 1.54) is 0 Å². The summed E-state index contributed by atoms with van der Waals surface area (Å²) >= 11 is 11.8. The van der Waals surface area contributed by atoms with Crippen LogP contribution in [0, 0.1) is 11.3 Å². The highest BCUT2D eigenvalue weighted by molar-refractivity contribution is 6.42. The van der Waals surface area contributed by atoms with Crippen LogP contribution in [0.3, 0.4) is 0 Å². The first-order valence-electron chi connectivity index (χ1n) is 6.53. The van der Waals surface area contributed by atoms with E-state index in [1.807, 2.05) is 36.4 Å². The standard InChI is InChI=1S/C17H13Cl2NO/c18-15-8-7-13(10-16(15)19)14(11-20)17(21)9-6-12-4-2-1-3-5-12/h1-5,7-8,10,14H,6,9H2. The molecule has 0 heterocycles. The first-order chi connectivity index (χ1) is 10.1. The van der Waals surface area contributed by atoms with E-state index in [0.29, 0.717) is 28.5 Å². The largest absolute Gasteiger partial charge is 0.298 e. The van der Waals surface area contributed by atoms with Crippen LogP contribution in [0.15, 0.2) is 48.5 Å². The smallest absolute Gasteiger partial charge is 0.154 e. The van der Waals surface area contributed by atoms with Gasteiger partial charge in [0.1, 0.15) is 5.92 Å². The van der Waals surface area contributed by atoms with E-state index < -0.39 is 5.92 Å². The number of Topliss-reactive ketones (excluding diaryl/α,β-unsaturated/α-hetero) is 1. The molecule has 106 valence electrons. The van der Waals surface area contributed by atoms with Crippen molar-refractivity contribution in [2.75, 3.05) is 0 Å². The van der Waals surface area contributed by atoms with Crippen molar-refractivity contribution in [1.29, 1.82) is 5.26 Å². The lowest BCUT2D eigenvalue weighted by molar-refractivity contribution is -0.119. The van der Waals surface area contributed by atoms with Crippen LogP contribution in [0.5, 0.6) is 0 Å². The molecule has 21 heavy (non-hydrogen) atoms. The third-order valence-corrected chi connectivity index (χ3v) is 3.97. The number of aryl methyl sites for hydroxylation is 1. The van der Waals surface area contributed by atoms with E-state index in [4.69, 9.17) is 23.2 Å². The molecular weight excluding hydrogens is 305 g/mol. The van der Waals surface area contributed by atoms with Crippen LogP contribution in [-0.4, -0.2) is 5.78 Å². The second kappa shape index (κ2) is 7.26. The summed E-state index contributed by atoms with van der Waals surface area (Å²) in [5.41, 5.74) is 1.67. The predicted octanol–water partition coefficient (Wildman–Crippen LogP) is 4.80. The van der Waals surface area contributed by atoms with Crippen molar-refractivity contribution in [2.45, 2.75) is 18.8 Å². The fourth-order valence-electron chi connectivity index (χ4n) is 2.08. The molecule has 0 N–H and O–H groups in total. The van der Waals surface area contributed by atoms with E-state index in [-0.39, 0.29) is 5.78 Å². The quantitative estimate of drug-likeness (QED) is 0.794. The summed E-state index contributed by atoms with van der Waals surface area (Å²) in [5, 5.41) is 10.0. The molecular formula is C17H13Cl2NO. The van der Waals surface area contributed by atoms with E-state index in [9.17, 15) is 10.1 Å². The Hall–Kier alpha value is -1.82. The van der Waals surface area contributed by atoms with Crippen LogP contribution in [0.2, 0.25) is 10.0 Å². The lowest BCUT2D eigenvalue weighted by atomic mass is 9.92. The number of nitriles is 1. The van der Waals surface area contributed by atoms with Crippen LogP contribution < -0.4 is 0 Å². The van der Waals surface area contributed by atoms with Gasteiger partial charge in [-0.15, -0.1) is 0 Å². The van der Waals surface area contributed by atoms with Crippen molar-refractivity contribution in [3.8, 4) is 6.07 Å². The second-order valence-corrected chi connectivity index (χ2v) is 5.50. The number of benzene rings is 2. The third kappa shape index (κ3) is 4.07. The molecule has 2 aromatic carbocycles. The molecule has 2 rings (SSSR count). The van der Waals surface area contributed by atoms with Crippen LogP contribution in [0.1, 0.15) is 23.5 Å². The molecule has 0 aliphatic rings. The highest BCUT2D eigenvalue weighted by atomic mass is 35.5. The Morgan fingerprint density at radius 1 is 1.10 bits per heavy atom. The van der Waals surface area contributed by atoms with Gasteiger partial charge in [-0.05, 0) is 29.7 Å². The minimum Gasteiger partial charge on any atom is -0.298 e. The summed E-state index contributed by atoms with van der Waals surface area (Å²) in [6.45, 7) is 0. The summed E-state index contributed by atoms with van der Waals surface area (Å²) in [6, 6.07) is 16.6. The monoisotopic (exact) mass is 317 g/mol. The van der Waals surface area contributed by atoms with Gasteiger partial charge in [-0.1, -0.05) is 59.6 Å². The van der Waals surface area contributed by atoms with Gasteiger partial charge in [0.25, 0.3) is 0 Å². The molecule has 1 unspecified atom stereocenters. The second-order valence-electron chi connectivity index (χ2n) is 4.69. The van der Waals surface area contributed by atoms with Crippen LogP contribution in [0.4, 0.5) is 0 Å². The molecule has 4 heteroatoms. The molecule has 0 bridgehead atoms. The Balaban J connectivity index is 2.08. The number of hydrogen-bond acceptors (Lipinski definition) is 2. The summed E-state index contributed by atoms with van der Waals surface area (Å²) in [5.74, 6) is -0.914. The fraction of sp³-hybridized carbons (Fsp3) is 0.176. The van der Waals surface area contributed by atoms with Crippen molar-refractivity contribution >= 4 is 29.0 Å². The molecule has 0 amide bonds.